The molecule has 102 valence electrons. The maximum atomic E-state index is 13.0. The van der Waals surface area contributed by atoms with Gasteiger partial charge in [0.05, 0.1) is 0 Å². The molecule has 5 nitrogen and oxygen atoms in total. The van der Waals surface area contributed by atoms with Crippen LogP contribution >= 0.6 is 0 Å². The number of fused-ring (bicyclic) bond motifs is 2. The van der Waals surface area contributed by atoms with Crippen LogP contribution in [0.1, 0.15) is 0 Å². The zero-order valence-electron chi connectivity index (χ0n) is 8.82. The molecule has 2 rings (SSSR count). The number of halogens is 4. The Kier molecular flexibility index (Phi) is 2.65. The van der Waals surface area contributed by atoms with Crippen molar-refractivity contribution < 1.29 is 41.4 Å². The van der Waals surface area contributed by atoms with Gasteiger partial charge in [0, 0.05) is 6.07 Å². The van der Waals surface area contributed by atoms with Gasteiger partial charge in [-0.2, -0.15) is 17.6 Å². The molecule has 0 aliphatic rings. The average Bonchev–Trinajstić information content (AvgIpc) is 2.90. The fourth-order valence-electron chi connectivity index (χ4n) is 1.27. The first-order chi connectivity index (χ1) is 8.66. The van der Waals surface area contributed by atoms with Crippen LogP contribution in [-0.2, 0) is 9.59 Å². The summed E-state index contributed by atoms with van der Waals surface area (Å²) < 4.78 is 60.4. The lowest BCUT2D eigenvalue weighted by Gasteiger charge is -2.20. The second-order valence-electron chi connectivity index (χ2n) is 3.55. The van der Waals surface area contributed by atoms with E-state index in [2.05, 4.69) is 4.74 Å². The molecule has 2 aromatic heterocycles. The van der Waals surface area contributed by atoms with E-state index in [1.165, 1.54) is 12.1 Å². The van der Waals surface area contributed by atoms with E-state index in [1.54, 1.807) is 0 Å². The van der Waals surface area contributed by atoms with Gasteiger partial charge in [-0.1, -0.05) is 0 Å². The molecule has 0 aromatic carbocycles. The lowest BCUT2D eigenvalue weighted by atomic mass is 10.2. The number of alkyl halides is 4. The normalized spacial score (nSPS) is 12.8. The number of carboxylic acid groups (broad SMARTS) is 1. The van der Waals surface area contributed by atoms with Crippen LogP contribution in [0.15, 0.2) is 22.6 Å². The van der Waals surface area contributed by atoms with Crippen LogP contribution < -0.4 is 4.74 Å². The van der Waals surface area contributed by atoms with Crippen molar-refractivity contribution in [2.75, 3.05) is 0 Å². The van der Waals surface area contributed by atoms with Crippen molar-refractivity contribution in [1.29, 1.82) is 0 Å². The van der Waals surface area contributed by atoms with Crippen LogP contribution in [0, 0.1) is 0 Å². The quantitative estimate of drug-likeness (QED) is 0.527. The molecule has 0 aliphatic carbocycles. The van der Waals surface area contributed by atoms with Gasteiger partial charge in [0.2, 0.25) is 0 Å². The van der Waals surface area contributed by atoms with E-state index in [1.807, 2.05) is 0 Å². The lowest BCUT2D eigenvalue weighted by molar-refractivity contribution is -0.229. The zero-order chi connectivity index (χ0) is 14.4. The Morgan fingerprint density at radius 1 is 1.16 bits per heavy atom. The van der Waals surface area contributed by atoms with Gasteiger partial charge in [-0.05, 0) is 12.1 Å². The predicted octanol–water partition coefficient (Wildman–Crippen LogP) is 2.13. The minimum absolute atomic E-state index is 0.0993. The van der Waals surface area contributed by atoms with E-state index in [-0.39, 0.29) is 11.2 Å². The molecule has 2 aromatic rings. The average molecular weight is 280 g/mol. The first kappa shape index (κ1) is 13.1. The van der Waals surface area contributed by atoms with Crippen LogP contribution in [0.3, 0.4) is 0 Å². The minimum atomic E-state index is -5.57. The summed E-state index contributed by atoms with van der Waals surface area (Å²) in [7, 11) is 0. The molecular weight excluding hydrogens is 276 g/mol. The molecule has 0 fully saturated rings. The minimum Gasteiger partial charge on any atom is -0.477 e. The van der Waals surface area contributed by atoms with Gasteiger partial charge in [0.15, 0.2) is 11.3 Å². The molecule has 0 aliphatic heterocycles. The van der Waals surface area contributed by atoms with Crippen molar-refractivity contribution in [1.82, 2.24) is 0 Å². The van der Waals surface area contributed by atoms with E-state index >= 15 is 0 Å². The maximum absolute atomic E-state index is 13.0. The second kappa shape index (κ2) is 3.84. The van der Waals surface area contributed by atoms with Crippen LogP contribution in [0.2, 0.25) is 0 Å². The topological polar surface area (TPSA) is 76.7 Å². The highest BCUT2D eigenvalue weighted by Gasteiger charge is 2.69. The van der Waals surface area contributed by atoms with Gasteiger partial charge in [0.25, 0.3) is 0 Å². The molecule has 0 atom stereocenters. The third-order valence-electron chi connectivity index (χ3n) is 2.26. The first-order valence-corrected chi connectivity index (χ1v) is 4.69. The van der Waals surface area contributed by atoms with Crippen LogP contribution in [0.25, 0.3) is 11.2 Å². The molecule has 9 heteroatoms. The number of carbonyl (C=O) groups is 2. The molecule has 0 spiro atoms. The van der Waals surface area contributed by atoms with Crippen molar-refractivity contribution in [3.05, 3.63) is 18.2 Å². The third kappa shape index (κ3) is 1.86. The fourth-order valence-corrected chi connectivity index (χ4v) is 1.27. The number of carboxylic acids is 1. The molecule has 0 saturated carbocycles. The number of aliphatic carboxylic acids is 1. The summed E-state index contributed by atoms with van der Waals surface area (Å²) in [5.74, 6) is -17.4. The lowest BCUT2D eigenvalue weighted by Crippen LogP contribution is -2.53. The van der Waals surface area contributed by atoms with Crippen molar-refractivity contribution in [2.24, 2.45) is 0 Å². The number of hydrogen-bond acceptors (Lipinski definition) is 4. The van der Waals surface area contributed by atoms with Gasteiger partial charge >= 0.3 is 23.8 Å². The molecule has 19 heavy (non-hydrogen) atoms. The van der Waals surface area contributed by atoms with Crippen LogP contribution in [0.5, 0.6) is 5.75 Å². The SMILES string of the molecule is O=C(O)C(F)(F)C(F)(F)C(=O)Oc1cc2ccc1o2. The summed E-state index contributed by atoms with van der Waals surface area (Å²) in [5.41, 5.74) is 0.0869. The Morgan fingerprint density at radius 3 is 2.21 bits per heavy atom. The largest absolute Gasteiger partial charge is 0.477 e. The number of ether oxygens (including phenoxy) is 1. The number of benzene rings is 1. The van der Waals surface area contributed by atoms with E-state index in [0.29, 0.717) is 0 Å². The maximum Gasteiger partial charge on any atom is 0.416 e. The highest BCUT2D eigenvalue weighted by molar-refractivity contribution is 5.91. The first-order valence-electron chi connectivity index (χ1n) is 4.69. The molecular formula is C10H4F4O5. The number of esters is 1. The van der Waals surface area contributed by atoms with Crippen LogP contribution in [-0.4, -0.2) is 28.9 Å². The summed E-state index contributed by atoms with van der Waals surface area (Å²) in [6.07, 6.45) is 0. The summed E-state index contributed by atoms with van der Waals surface area (Å²) in [5, 5.41) is 7.99. The van der Waals surface area contributed by atoms with Crippen molar-refractivity contribution in [2.45, 2.75) is 11.8 Å². The van der Waals surface area contributed by atoms with Gasteiger partial charge in [-0.15, -0.1) is 0 Å². The van der Waals surface area contributed by atoms with Gasteiger partial charge in [-0.25, -0.2) is 9.59 Å². The van der Waals surface area contributed by atoms with Gasteiger partial charge in [-0.3, -0.25) is 0 Å². The Labute approximate surface area is 101 Å². The number of hydrogen-bond donors (Lipinski definition) is 1. The number of rotatable bonds is 4. The van der Waals surface area contributed by atoms with Gasteiger partial charge in [0.1, 0.15) is 5.58 Å². The number of furan rings is 2. The van der Waals surface area contributed by atoms with E-state index in [9.17, 15) is 27.2 Å². The van der Waals surface area contributed by atoms with E-state index in [4.69, 9.17) is 9.52 Å². The Bertz CT molecular complexity index is 632. The Balaban J connectivity index is 2.23. The van der Waals surface area contributed by atoms with Crippen molar-refractivity contribution in [3.63, 3.8) is 0 Å². The van der Waals surface area contributed by atoms with E-state index < -0.39 is 29.5 Å². The molecule has 0 radical (unpaired) electrons. The second-order valence-corrected chi connectivity index (χ2v) is 3.55. The smallest absolute Gasteiger partial charge is 0.416 e. The van der Waals surface area contributed by atoms with Gasteiger partial charge < -0.3 is 14.3 Å². The summed E-state index contributed by atoms with van der Waals surface area (Å²) in [6, 6.07) is 3.73. The monoisotopic (exact) mass is 280 g/mol. The summed E-state index contributed by atoms with van der Waals surface area (Å²) in [4.78, 5) is 21.0. The molecule has 0 unspecified atom stereocenters. The highest BCUT2D eigenvalue weighted by Crippen LogP contribution is 2.37. The predicted molar refractivity (Wildman–Crippen MR) is 50.6 cm³/mol. The number of carbonyl (C=O) groups excluding carboxylic acids is 1. The van der Waals surface area contributed by atoms with E-state index in [0.717, 1.165) is 6.07 Å². The molecule has 0 amide bonds. The van der Waals surface area contributed by atoms with Crippen molar-refractivity contribution >= 4 is 23.1 Å². The molecule has 1 N–H and O–H groups in total. The summed E-state index contributed by atoms with van der Waals surface area (Å²) in [6.45, 7) is 0. The van der Waals surface area contributed by atoms with Crippen molar-refractivity contribution in [3.8, 4) is 5.75 Å². The third-order valence-corrected chi connectivity index (χ3v) is 2.26. The Morgan fingerprint density at radius 2 is 1.79 bits per heavy atom. The molecule has 2 bridgehead atoms. The van der Waals surface area contributed by atoms with Crippen LogP contribution in [0.4, 0.5) is 17.6 Å². The summed E-state index contributed by atoms with van der Waals surface area (Å²) >= 11 is 0. The molecule has 2 heterocycles. The zero-order valence-corrected chi connectivity index (χ0v) is 8.82. The standard InChI is InChI=1S/C10H4F4O5/c11-9(12,7(15)16)10(13,14)8(17)19-6-3-4-1-2-5(6)18-4/h1-3H,(H,15,16). The highest BCUT2D eigenvalue weighted by atomic mass is 19.3. The fraction of sp³-hybridized carbons (Fsp3) is 0.200. The Hall–Kier alpha value is -2.32. The molecule has 0 saturated heterocycles.